The number of amidine groups is 1. The molecule has 0 bridgehead atoms. The average molecular weight is 405 g/mol. The highest BCUT2D eigenvalue weighted by Gasteiger charge is 2.35. The maximum absolute atomic E-state index is 12.3. The largest absolute Gasteiger partial charge is 0.455 e. The van der Waals surface area contributed by atoms with Gasteiger partial charge in [0, 0.05) is 31.7 Å². The first-order valence-corrected chi connectivity index (χ1v) is 11.0. The lowest BCUT2D eigenvalue weighted by Crippen LogP contribution is -2.41. The molecule has 0 atom stereocenters. The predicted octanol–water partition coefficient (Wildman–Crippen LogP) is 1.01. The molecule has 8 nitrogen and oxygen atoms in total. The van der Waals surface area contributed by atoms with E-state index in [1.807, 2.05) is 4.90 Å². The highest BCUT2D eigenvalue weighted by molar-refractivity contribution is 7.90. The van der Waals surface area contributed by atoms with Crippen molar-refractivity contribution >= 4 is 27.7 Å². The average Bonchev–Trinajstić information content (AvgIpc) is 3.33. The van der Waals surface area contributed by atoms with Crippen LogP contribution < -0.4 is 0 Å². The third kappa shape index (κ3) is 3.63. The van der Waals surface area contributed by atoms with E-state index < -0.39 is 10.0 Å². The van der Waals surface area contributed by atoms with Crippen molar-refractivity contribution in [3.05, 3.63) is 29.8 Å². The van der Waals surface area contributed by atoms with Crippen LogP contribution in [0.15, 0.2) is 33.6 Å². The molecule has 2 saturated heterocycles. The summed E-state index contributed by atoms with van der Waals surface area (Å²) in [4.78, 5) is 28.2. The normalized spacial score (nSPS) is 21.4. The number of rotatable bonds is 3. The second kappa shape index (κ2) is 7.54. The smallest absolute Gasteiger partial charge is 0.309 e. The van der Waals surface area contributed by atoms with Gasteiger partial charge in [-0.15, -0.1) is 4.40 Å². The molecule has 0 N–H and O–H groups in total. The van der Waals surface area contributed by atoms with Crippen LogP contribution in [0.25, 0.3) is 0 Å². The Labute approximate surface area is 164 Å². The van der Waals surface area contributed by atoms with E-state index in [0.29, 0.717) is 37.3 Å². The van der Waals surface area contributed by atoms with Crippen molar-refractivity contribution in [2.75, 3.05) is 32.8 Å². The number of benzene rings is 1. The van der Waals surface area contributed by atoms with Crippen LogP contribution in [0.3, 0.4) is 0 Å². The van der Waals surface area contributed by atoms with Crippen LogP contribution in [0.2, 0.25) is 0 Å². The van der Waals surface area contributed by atoms with E-state index in [2.05, 4.69) is 4.40 Å². The first kappa shape index (κ1) is 18.9. The van der Waals surface area contributed by atoms with Gasteiger partial charge in [-0.25, -0.2) is 0 Å². The molecule has 3 aliphatic heterocycles. The highest BCUT2D eigenvalue weighted by Crippen LogP contribution is 2.29. The second-order valence-corrected chi connectivity index (χ2v) is 8.92. The van der Waals surface area contributed by atoms with Gasteiger partial charge < -0.3 is 14.5 Å². The van der Waals surface area contributed by atoms with Crippen molar-refractivity contribution in [1.29, 1.82) is 0 Å². The Balaban J connectivity index is 1.32. The number of nitrogens with zero attached hydrogens (tertiary/aromatic N) is 3. The van der Waals surface area contributed by atoms with Crippen LogP contribution in [0.5, 0.6) is 0 Å². The molecule has 1 aromatic carbocycles. The lowest BCUT2D eigenvalue weighted by molar-refractivity contribution is -0.156. The molecule has 9 heteroatoms. The third-order valence-corrected chi connectivity index (χ3v) is 6.86. The Kier molecular flexibility index (Phi) is 5.09. The standard InChI is InChI=1S/C19H23N3O5S/c23-17(21-9-3-4-10-21)13-27-19(24)14-7-11-22(12-8-14)18-15-5-1-2-6-16(15)28(25,26)20-18/h1-2,5-6,14H,3-4,7-13H2. The number of sulfonamides is 1. The maximum Gasteiger partial charge on any atom is 0.309 e. The summed E-state index contributed by atoms with van der Waals surface area (Å²) in [5.74, 6) is -0.317. The van der Waals surface area contributed by atoms with E-state index in [1.54, 1.807) is 29.2 Å². The Bertz CT molecular complexity index is 913. The number of carbonyl (C=O) groups excluding carboxylic acids is 2. The fourth-order valence-corrected chi connectivity index (χ4v) is 5.18. The number of ether oxygens (including phenoxy) is 1. The molecule has 28 heavy (non-hydrogen) atoms. The van der Waals surface area contributed by atoms with E-state index in [-0.39, 0.29) is 29.3 Å². The minimum atomic E-state index is -3.65. The van der Waals surface area contributed by atoms with E-state index in [0.717, 1.165) is 25.9 Å². The summed E-state index contributed by atoms with van der Waals surface area (Å²) < 4.78 is 33.6. The summed E-state index contributed by atoms with van der Waals surface area (Å²) in [6.07, 6.45) is 3.08. The molecular formula is C19H23N3O5S. The fraction of sp³-hybridized carbons (Fsp3) is 0.526. The molecular weight excluding hydrogens is 382 g/mol. The summed E-state index contributed by atoms with van der Waals surface area (Å²) in [7, 11) is -3.65. The minimum absolute atomic E-state index is 0.134. The maximum atomic E-state index is 12.3. The van der Waals surface area contributed by atoms with Crippen molar-refractivity contribution in [1.82, 2.24) is 9.80 Å². The Morgan fingerprint density at radius 1 is 1.07 bits per heavy atom. The Morgan fingerprint density at radius 3 is 2.46 bits per heavy atom. The number of fused-ring (bicyclic) bond motifs is 1. The molecule has 0 unspecified atom stereocenters. The Hall–Kier alpha value is -2.42. The van der Waals surface area contributed by atoms with Crippen molar-refractivity contribution in [2.45, 2.75) is 30.6 Å². The van der Waals surface area contributed by atoms with Gasteiger partial charge in [0.05, 0.1) is 5.92 Å². The van der Waals surface area contributed by atoms with E-state index >= 15 is 0 Å². The van der Waals surface area contributed by atoms with Gasteiger partial charge in [-0.05, 0) is 37.8 Å². The molecule has 0 spiro atoms. The van der Waals surface area contributed by atoms with Crippen molar-refractivity contribution < 1.29 is 22.7 Å². The van der Waals surface area contributed by atoms with E-state index in [1.165, 1.54) is 0 Å². The van der Waals surface area contributed by atoms with Crippen molar-refractivity contribution in [3.63, 3.8) is 0 Å². The Morgan fingerprint density at radius 2 is 1.75 bits per heavy atom. The molecule has 4 rings (SSSR count). The molecule has 0 radical (unpaired) electrons. The number of carbonyl (C=O) groups is 2. The molecule has 0 saturated carbocycles. The SMILES string of the molecule is O=C(OCC(=O)N1CCCC1)C1CCN(C2=NS(=O)(=O)c3ccccc32)CC1. The van der Waals surface area contributed by atoms with Gasteiger partial charge >= 0.3 is 5.97 Å². The number of piperidine rings is 1. The quantitative estimate of drug-likeness (QED) is 0.697. The molecule has 3 heterocycles. The highest BCUT2D eigenvalue weighted by atomic mass is 32.2. The number of hydrogen-bond acceptors (Lipinski definition) is 6. The van der Waals surface area contributed by atoms with Gasteiger partial charge in [0.2, 0.25) is 0 Å². The zero-order valence-electron chi connectivity index (χ0n) is 15.5. The van der Waals surface area contributed by atoms with Gasteiger partial charge in [-0.3, -0.25) is 9.59 Å². The topological polar surface area (TPSA) is 96.3 Å². The predicted molar refractivity (Wildman–Crippen MR) is 101 cm³/mol. The molecule has 1 aromatic rings. The van der Waals surface area contributed by atoms with Crippen molar-refractivity contribution in [2.24, 2.45) is 10.3 Å². The van der Waals surface area contributed by atoms with Crippen LogP contribution in [0.4, 0.5) is 0 Å². The molecule has 0 aromatic heterocycles. The van der Waals surface area contributed by atoms with Gasteiger partial charge in [-0.2, -0.15) is 8.42 Å². The lowest BCUT2D eigenvalue weighted by Gasteiger charge is -2.32. The first-order valence-electron chi connectivity index (χ1n) is 9.59. The molecule has 150 valence electrons. The zero-order chi connectivity index (χ0) is 19.7. The van der Waals surface area contributed by atoms with Gasteiger partial charge in [-0.1, -0.05) is 12.1 Å². The lowest BCUT2D eigenvalue weighted by atomic mass is 9.96. The fourth-order valence-electron chi connectivity index (χ4n) is 3.95. The van der Waals surface area contributed by atoms with E-state index in [9.17, 15) is 18.0 Å². The van der Waals surface area contributed by atoms with Gasteiger partial charge in [0.15, 0.2) is 12.4 Å². The summed E-state index contributed by atoms with van der Waals surface area (Å²) in [6.45, 7) is 2.31. The summed E-state index contributed by atoms with van der Waals surface area (Å²) in [5, 5.41) is 0. The second-order valence-electron chi connectivity index (χ2n) is 7.34. The summed E-state index contributed by atoms with van der Waals surface area (Å²) >= 11 is 0. The third-order valence-electron chi connectivity index (χ3n) is 5.54. The van der Waals surface area contributed by atoms with Crippen LogP contribution in [-0.4, -0.2) is 68.7 Å². The van der Waals surface area contributed by atoms with Gasteiger partial charge in [0.25, 0.3) is 15.9 Å². The molecule has 1 amide bonds. The number of amides is 1. The molecule has 3 aliphatic rings. The summed E-state index contributed by atoms with van der Waals surface area (Å²) in [6, 6.07) is 6.78. The van der Waals surface area contributed by atoms with Crippen LogP contribution in [0, 0.1) is 5.92 Å². The first-order chi connectivity index (χ1) is 13.5. The van der Waals surface area contributed by atoms with Crippen LogP contribution in [-0.2, 0) is 24.3 Å². The van der Waals surface area contributed by atoms with Crippen LogP contribution in [0.1, 0.15) is 31.2 Å². The molecule has 0 aliphatic carbocycles. The molecule has 2 fully saturated rings. The van der Waals surface area contributed by atoms with Gasteiger partial charge in [0.1, 0.15) is 4.90 Å². The zero-order valence-corrected chi connectivity index (χ0v) is 16.4. The summed E-state index contributed by atoms with van der Waals surface area (Å²) in [5.41, 5.74) is 0.611. The monoisotopic (exact) mass is 405 g/mol. The number of hydrogen-bond donors (Lipinski definition) is 0. The number of esters is 1. The van der Waals surface area contributed by atoms with Crippen molar-refractivity contribution in [3.8, 4) is 0 Å². The van der Waals surface area contributed by atoms with Crippen LogP contribution >= 0.6 is 0 Å². The number of likely N-dealkylation sites (tertiary alicyclic amines) is 2. The minimum Gasteiger partial charge on any atom is -0.455 e. The van der Waals surface area contributed by atoms with E-state index in [4.69, 9.17) is 4.74 Å².